The lowest BCUT2D eigenvalue weighted by Crippen LogP contribution is -2.40. The van der Waals surface area contributed by atoms with Gasteiger partial charge in [0.05, 0.1) is 12.2 Å². The number of hydrogen-bond donors (Lipinski definition) is 1. The summed E-state index contributed by atoms with van der Waals surface area (Å²) in [6, 6.07) is -0.0169. The van der Waals surface area contributed by atoms with E-state index in [0.29, 0.717) is 0 Å². The third-order valence-electron chi connectivity index (χ3n) is 3.16. The van der Waals surface area contributed by atoms with Crippen LogP contribution in [-0.2, 0) is 4.79 Å². The summed E-state index contributed by atoms with van der Waals surface area (Å²) in [5, 5.41) is 3.23. The van der Waals surface area contributed by atoms with Gasteiger partial charge in [-0.3, -0.25) is 10.1 Å². The van der Waals surface area contributed by atoms with Gasteiger partial charge in [0.15, 0.2) is 0 Å². The summed E-state index contributed by atoms with van der Waals surface area (Å²) in [6.45, 7) is 12.2. The Morgan fingerprint density at radius 3 is 2.33 bits per heavy atom. The van der Waals surface area contributed by atoms with E-state index in [1.165, 1.54) is 0 Å². The number of amides is 1. The molecule has 0 aromatic rings. The smallest absolute Gasteiger partial charge is 0.240 e. The molecule has 4 heteroatoms. The average molecular weight is 213 g/mol. The standard InChI is InChI=1S/C11H23N3O/c1-5-13(6-2)7-8-14-10(4)12-9(3)11(14)15/h9-10,12H,5-8H2,1-4H3. The minimum Gasteiger partial charge on any atom is -0.325 e. The molecule has 1 rings (SSSR count). The van der Waals surface area contributed by atoms with Crippen LogP contribution in [0.1, 0.15) is 27.7 Å². The highest BCUT2D eigenvalue weighted by Crippen LogP contribution is 2.09. The van der Waals surface area contributed by atoms with E-state index in [0.717, 1.165) is 26.2 Å². The van der Waals surface area contributed by atoms with Crippen LogP contribution in [0.3, 0.4) is 0 Å². The third kappa shape index (κ3) is 2.92. The van der Waals surface area contributed by atoms with Gasteiger partial charge in [-0.2, -0.15) is 0 Å². The molecule has 4 nitrogen and oxygen atoms in total. The van der Waals surface area contributed by atoms with E-state index < -0.39 is 0 Å². The normalized spacial score (nSPS) is 26.7. The molecular weight excluding hydrogens is 190 g/mol. The zero-order valence-corrected chi connectivity index (χ0v) is 10.3. The fraction of sp³-hybridized carbons (Fsp3) is 0.909. The van der Waals surface area contributed by atoms with Gasteiger partial charge in [0.1, 0.15) is 0 Å². The molecule has 0 saturated carbocycles. The molecule has 1 heterocycles. The van der Waals surface area contributed by atoms with Crippen LogP contribution in [0.4, 0.5) is 0 Å². The molecule has 2 unspecified atom stereocenters. The first-order valence-electron chi connectivity index (χ1n) is 5.89. The van der Waals surface area contributed by atoms with Crippen LogP contribution in [0.25, 0.3) is 0 Å². The van der Waals surface area contributed by atoms with Crippen molar-refractivity contribution in [2.45, 2.75) is 39.9 Å². The van der Waals surface area contributed by atoms with Crippen molar-refractivity contribution in [1.82, 2.24) is 15.1 Å². The maximum Gasteiger partial charge on any atom is 0.240 e. The van der Waals surface area contributed by atoms with E-state index in [1.54, 1.807) is 0 Å². The molecule has 2 atom stereocenters. The number of carbonyl (C=O) groups is 1. The minimum atomic E-state index is -0.0169. The molecule has 0 bridgehead atoms. The predicted molar refractivity (Wildman–Crippen MR) is 61.6 cm³/mol. The second-order valence-corrected chi connectivity index (χ2v) is 4.12. The molecule has 0 radical (unpaired) electrons. The summed E-state index contributed by atoms with van der Waals surface area (Å²) in [5.74, 6) is 0.231. The Bertz CT molecular complexity index is 216. The van der Waals surface area contributed by atoms with Crippen LogP contribution in [0.2, 0.25) is 0 Å². The number of nitrogens with one attached hydrogen (secondary N) is 1. The minimum absolute atomic E-state index is 0.0169. The molecule has 1 fully saturated rings. The number of hydrogen-bond acceptors (Lipinski definition) is 3. The quantitative estimate of drug-likeness (QED) is 0.722. The highest BCUT2D eigenvalue weighted by Gasteiger charge is 2.32. The van der Waals surface area contributed by atoms with E-state index in [1.807, 2.05) is 18.7 Å². The summed E-state index contributed by atoms with van der Waals surface area (Å²) in [4.78, 5) is 16.0. The Hall–Kier alpha value is -0.610. The number of likely N-dealkylation sites (N-methyl/N-ethyl adjacent to an activating group) is 1. The maximum absolute atomic E-state index is 11.7. The molecule has 0 aromatic heterocycles. The maximum atomic E-state index is 11.7. The molecule has 0 aromatic carbocycles. The van der Waals surface area contributed by atoms with Crippen LogP contribution in [-0.4, -0.2) is 54.1 Å². The topological polar surface area (TPSA) is 35.6 Å². The molecule has 0 aliphatic carbocycles. The van der Waals surface area contributed by atoms with Gasteiger partial charge in [-0.25, -0.2) is 0 Å². The summed E-state index contributed by atoms with van der Waals surface area (Å²) in [6.07, 6.45) is 0.183. The van der Waals surface area contributed by atoms with Crippen molar-refractivity contribution in [1.29, 1.82) is 0 Å². The van der Waals surface area contributed by atoms with Crippen molar-refractivity contribution < 1.29 is 4.79 Å². The highest BCUT2D eigenvalue weighted by atomic mass is 16.2. The van der Waals surface area contributed by atoms with Gasteiger partial charge in [0.2, 0.25) is 5.91 Å². The Morgan fingerprint density at radius 2 is 1.93 bits per heavy atom. The molecule has 0 spiro atoms. The third-order valence-corrected chi connectivity index (χ3v) is 3.16. The first kappa shape index (κ1) is 12.5. The predicted octanol–water partition coefficient (Wildman–Crippen LogP) is 0.495. The monoisotopic (exact) mass is 213 g/mol. The van der Waals surface area contributed by atoms with E-state index in [2.05, 4.69) is 24.1 Å². The zero-order valence-electron chi connectivity index (χ0n) is 10.3. The van der Waals surface area contributed by atoms with Gasteiger partial charge >= 0.3 is 0 Å². The van der Waals surface area contributed by atoms with Crippen LogP contribution < -0.4 is 5.32 Å². The fourth-order valence-electron chi connectivity index (χ4n) is 2.06. The lowest BCUT2D eigenvalue weighted by Gasteiger charge is -2.25. The number of rotatable bonds is 5. The van der Waals surface area contributed by atoms with Gasteiger partial charge in [-0.15, -0.1) is 0 Å². The van der Waals surface area contributed by atoms with Crippen molar-refractivity contribution in [3.63, 3.8) is 0 Å². The average Bonchev–Trinajstić information content (AvgIpc) is 2.45. The van der Waals surface area contributed by atoms with Gasteiger partial charge in [0, 0.05) is 13.1 Å². The highest BCUT2D eigenvalue weighted by molar-refractivity contribution is 5.83. The van der Waals surface area contributed by atoms with Gasteiger partial charge in [-0.1, -0.05) is 13.8 Å². The zero-order chi connectivity index (χ0) is 11.4. The summed E-state index contributed by atoms with van der Waals surface area (Å²) in [7, 11) is 0. The van der Waals surface area contributed by atoms with Crippen LogP contribution in [0, 0.1) is 0 Å². The lowest BCUT2D eigenvalue weighted by molar-refractivity contribution is -0.129. The fourth-order valence-corrected chi connectivity index (χ4v) is 2.06. The van der Waals surface area contributed by atoms with E-state index in [4.69, 9.17) is 0 Å². The van der Waals surface area contributed by atoms with Gasteiger partial charge in [0.25, 0.3) is 0 Å². The first-order valence-corrected chi connectivity index (χ1v) is 5.89. The van der Waals surface area contributed by atoms with Crippen molar-refractivity contribution >= 4 is 5.91 Å². The molecule has 1 amide bonds. The van der Waals surface area contributed by atoms with Crippen molar-refractivity contribution in [2.24, 2.45) is 0 Å². The van der Waals surface area contributed by atoms with Gasteiger partial charge in [-0.05, 0) is 26.9 Å². The summed E-state index contributed by atoms with van der Waals surface area (Å²) >= 11 is 0. The first-order chi connectivity index (χ1) is 7.10. The van der Waals surface area contributed by atoms with E-state index >= 15 is 0 Å². The Labute approximate surface area is 92.6 Å². The largest absolute Gasteiger partial charge is 0.325 e. The molecule has 1 saturated heterocycles. The van der Waals surface area contributed by atoms with Crippen molar-refractivity contribution in [2.75, 3.05) is 26.2 Å². The molecule has 88 valence electrons. The Kier molecular flexibility index (Phi) is 4.54. The molecule has 1 aliphatic heterocycles. The van der Waals surface area contributed by atoms with Crippen molar-refractivity contribution in [3.8, 4) is 0 Å². The second kappa shape index (κ2) is 5.47. The van der Waals surface area contributed by atoms with Crippen LogP contribution >= 0.6 is 0 Å². The van der Waals surface area contributed by atoms with E-state index in [9.17, 15) is 4.79 Å². The summed E-state index contributed by atoms with van der Waals surface area (Å²) < 4.78 is 0. The molecule has 15 heavy (non-hydrogen) atoms. The number of nitrogens with zero attached hydrogens (tertiary/aromatic N) is 2. The summed E-state index contributed by atoms with van der Waals surface area (Å²) in [5.41, 5.74) is 0. The van der Waals surface area contributed by atoms with Crippen LogP contribution in [0.15, 0.2) is 0 Å². The van der Waals surface area contributed by atoms with Gasteiger partial charge < -0.3 is 9.80 Å². The molecule has 1 N–H and O–H groups in total. The molecular formula is C11H23N3O. The van der Waals surface area contributed by atoms with E-state index in [-0.39, 0.29) is 18.1 Å². The SMILES string of the molecule is CCN(CC)CCN1C(=O)C(C)NC1C. The number of carbonyl (C=O) groups excluding carboxylic acids is 1. The van der Waals surface area contributed by atoms with Crippen molar-refractivity contribution in [3.05, 3.63) is 0 Å². The molecule has 1 aliphatic rings. The second-order valence-electron chi connectivity index (χ2n) is 4.12. The lowest BCUT2D eigenvalue weighted by atomic mass is 10.3. The van der Waals surface area contributed by atoms with Crippen LogP contribution in [0.5, 0.6) is 0 Å². The Balaban J connectivity index is 2.41. The Morgan fingerprint density at radius 1 is 1.33 bits per heavy atom.